The molecule has 0 aliphatic heterocycles. The molecule has 0 bridgehead atoms. The number of nitrogens with zero attached hydrogens (tertiary/aromatic N) is 1. The maximum Gasteiger partial charge on any atom is 0.259 e. The van der Waals surface area contributed by atoms with Gasteiger partial charge in [-0.3, -0.25) is 10.1 Å². The van der Waals surface area contributed by atoms with E-state index in [9.17, 15) is 9.18 Å². The Morgan fingerprint density at radius 1 is 1.47 bits per heavy atom. The van der Waals surface area contributed by atoms with Crippen molar-refractivity contribution in [1.82, 2.24) is 4.98 Å². The van der Waals surface area contributed by atoms with E-state index in [1.165, 1.54) is 23.5 Å². The highest BCUT2D eigenvalue weighted by Crippen LogP contribution is 2.22. The first kappa shape index (κ1) is 13.5. The second kappa shape index (κ2) is 5.79. The average Bonchev–Trinajstić information content (AvgIpc) is 2.77. The molecule has 0 unspecified atom stereocenters. The highest BCUT2D eigenvalue weighted by molar-refractivity contribution is 7.15. The van der Waals surface area contributed by atoms with Gasteiger partial charge < -0.3 is 5.32 Å². The van der Waals surface area contributed by atoms with Gasteiger partial charge in [0.15, 0.2) is 5.13 Å². The topological polar surface area (TPSA) is 54.0 Å². The van der Waals surface area contributed by atoms with Crippen molar-refractivity contribution in [2.24, 2.45) is 0 Å². The summed E-state index contributed by atoms with van der Waals surface area (Å²) in [4.78, 5) is 17.2. The third-order valence-electron chi connectivity index (χ3n) is 2.45. The number of aryl methyl sites for hydroxylation is 1. The van der Waals surface area contributed by atoms with Gasteiger partial charge in [-0.2, -0.15) is 0 Å². The van der Waals surface area contributed by atoms with Crippen LogP contribution in [0, 0.1) is 12.7 Å². The average molecular weight is 279 g/mol. The molecular formula is C13H14FN3OS. The lowest BCUT2D eigenvalue weighted by Crippen LogP contribution is -2.15. The lowest BCUT2D eigenvalue weighted by Gasteiger charge is -2.10. The molecule has 6 heteroatoms. The van der Waals surface area contributed by atoms with Crippen LogP contribution in [0.3, 0.4) is 0 Å². The van der Waals surface area contributed by atoms with Crippen LogP contribution in [-0.4, -0.2) is 17.4 Å². The Balaban J connectivity index is 2.25. The minimum absolute atomic E-state index is 0.218. The van der Waals surface area contributed by atoms with Crippen LogP contribution in [-0.2, 0) is 0 Å². The van der Waals surface area contributed by atoms with Gasteiger partial charge in [0.1, 0.15) is 5.82 Å². The number of hydrogen-bond acceptors (Lipinski definition) is 4. The minimum Gasteiger partial charge on any atom is -0.382 e. The summed E-state index contributed by atoms with van der Waals surface area (Å²) in [6.45, 7) is 4.29. The van der Waals surface area contributed by atoms with E-state index in [4.69, 9.17) is 0 Å². The number of rotatable bonds is 4. The fourth-order valence-corrected chi connectivity index (χ4v) is 2.31. The molecular weight excluding hydrogens is 265 g/mol. The van der Waals surface area contributed by atoms with E-state index in [2.05, 4.69) is 15.6 Å². The summed E-state index contributed by atoms with van der Waals surface area (Å²) in [7, 11) is 0. The second-order valence-electron chi connectivity index (χ2n) is 3.92. The van der Waals surface area contributed by atoms with Crippen LogP contribution in [0.5, 0.6) is 0 Å². The monoisotopic (exact) mass is 279 g/mol. The number of aromatic nitrogens is 1. The van der Waals surface area contributed by atoms with Gasteiger partial charge in [-0.15, -0.1) is 11.3 Å². The number of carbonyl (C=O) groups is 1. The number of benzene rings is 1. The van der Waals surface area contributed by atoms with Crippen molar-refractivity contribution in [3.8, 4) is 0 Å². The molecule has 2 rings (SSSR count). The Morgan fingerprint density at radius 3 is 2.89 bits per heavy atom. The number of hydrogen-bond donors (Lipinski definition) is 2. The molecule has 0 radical (unpaired) electrons. The Morgan fingerprint density at radius 2 is 2.26 bits per heavy atom. The third-order valence-corrected chi connectivity index (χ3v) is 3.28. The molecule has 0 aliphatic carbocycles. The van der Waals surface area contributed by atoms with E-state index >= 15 is 0 Å². The zero-order valence-corrected chi connectivity index (χ0v) is 11.5. The molecule has 1 aromatic heterocycles. The van der Waals surface area contributed by atoms with Gasteiger partial charge in [0.2, 0.25) is 0 Å². The smallest absolute Gasteiger partial charge is 0.259 e. The highest BCUT2D eigenvalue weighted by Gasteiger charge is 2.15. The zero-order chi connectivity index (χ0) is 13.8. The summed E-state index contributed by atoms with van der Waals surface area (Å²) in [5, 5.41) is 6.04. The predicted molar refractivity (Wildman–Crippen MR) is 75.4 cm³/mol. The van der Waals surface area contributed by atoms with Gasteiger partial charge in [0.05, 0.1) is 11.3 Å². The molecule has 1 aromatic carbocycles. The van der Waals surface area contributed by atoms with Crippen LogP contribution in [0.1, 0.15) is 22.2 Å². The lowest BCUT2D eigenvalue weighted by atomic mass is 10.1. The van der Waals surface area contributed by atoms with Crippen LogP contribution < -0.4 is 10.6 Å². The van der Waals surface area contributed by atoms with Crippen LogP contribution in [0.4, 0.5) is 15.2 Å². The molecule has 0 fully saturated rings. The quantitative estimate of drug-likeness (QED) is 0.903. The Labute approximate surface area is 114 Å². The molecule has 2 aromatic rings. The van der Waals surface area contributed by atoms with E-state index in [0.29, 0.717) is 11.7 Å². The summed E-state index contributed by atoms with van der Waals surface area (Å²) >= 11 is 1.38. The number of thiazole rings is 1. The summed E-state index contributed by atoms with van der Waals surface area (Å²) in [5.41, 5.74) is 0.491. The van der Waals surface area contributed by atoms with Crippen LogP contribution in [0.15, 0.2) is 24.4 Å². The van der Waals surface area contributed by atoms with Gasteiger partial charge >= 0.3 is 0 Å². The SMILES string of the molecule is CCNc1c(F)cccc1C(=O)Nc1ncc(C)s1. The van der Waals surface area contributed by atoms with Crippen molar-refractivity contribution < 1.29 is 9.18 Å². The van der Waals surface area contributed by atoms with Crippen molar-refractivity contribution in [2.75, 3.05) is 17.2 Å². The van der Waals surface area contributed by atoms with Gasteiger partial charge in [0, 0.05) is 17.6 Å². The van der Waals surface area contributed by atoms with E-state index in [0.717, 1.165) is 4.88 Å². The molecule has 0 saturated heterocycles. The number of para-hydroxylation sites is 1. The Hall–Kier alpha value is -1.95. The number of amides is 1. The number of carbonyl (C=O) groups excluding carboxylic acids is 1. The first-order chi connectivity index (χ1) is 9.11. The maximum atomic E-state index is 13.7. The Bertz CT molecular complexity index is 597. The summed E-state index contributed by atoms with van der Waals surface area (Å²) in [6.07, 6.45) is 1.68. The van der Waals surface area contributed by atoms with E-state index in [-0.39, 0.29) is 17.2 Å². The molecule has 0 saturated carbocycles. The molecule has 1 amide bonds. The standard InChI is InChI=1S/C13H14FN3OS/c1-3-15-11-9(5-4-6-10(11)14)12(18)17-13-16-7-8(2)19-13/h4-7,15H,3H2,1-2H3,(H,16,17,18). The molecule has 2 N–H and O–H groups in total. The van der Waals surface area contributed by atoms with E-state index < -0.39 is 5.82 Å². The van der Waals surface area contributed by atoms with Gasteiger partial charge in [-0.25, -0.2) is 9.37 Å². The van der Waals surface area contributed by atoms with Crippen molar-refractivity contribution in [3.63, 3.8) is 0 Å². The third kappa shape index (κ3) is 3.08. The Kier molecular flexibility index (Phi) is 4.11. The first-order valence-corrected chi connectivity index (χ1v) is 6.69. The highest BCUT2D eigenvalue weighted by atomic mass is 32.1. The van der Waals surface area contributed by atoms with Crippen molar-refractivity contribution >= 4 is 28.1 Å². The molecule has 0 spiro atoms. The van der Waals surface area contributed by atoms with Crippen molar-refractivity contribution in [2.45, 2.75) is 13.8 Å². The fraction of sp³-hybridized carbons (Fsp3) is 0.231. The number of halogens is 1. The molecule has 0 atom stereocenters. The largest absolute Gasteiger partial charge is 0.382 e. The predicted octanol–water partition coefficient (Wildman–Crippen LogP) is 3.27. The molecule has 1 heterocycles. The maximum absolute atomic E-state index is 13.7. The number of nitrogens with one attached hydrogen (secondary N) is 2. The normalized spacial score (nSPS) is 10.3. The summed E-state index contributed by atoms with van der Waals surface area (Å²) in [6, 6.07) is 4.41. The van der Waals surface area contributed by atoms with E-state index in [1.807, 2.05) is 13.8 Å². The van der Waals surface area contributed by atoms with Gasteiger partial charge in [-0.1, -0.05) is 6.07 Å². The van der Waals surface area contributed by atoms with Gasteiger partial charge in [-0.05, 0) is 26.0 Å². The summed E-state index contributed by atoms with van der Waals surface area (Å²) in [5.74, 6) is -0.811. The zero-order valence-electron chi connectivity index (χ0n) is 10.7. The molecule has 0 aliphatic rings. The molecule has 100 valence electrons. The van der Waals surface area contributed by atoms with Crippen molar-refractivity contribution in [1.29, 1.82) is 0 Å². The second-order valence-corrected chi connectivity index (χ2v) is 5.16. The molecule has 4 nitrogen and oxygen atoms in total. The molecule has 19 heavy (non-hydrogen) atoms. The van der Waals surface area contributed by atoms with Crippen molar-refractivity contribution in [3.05, 3.63) is 40.7 Å². The van der Waals surface area contributed by atoms with Crippen LogP contribution >= 0.6 is 11.3 Å². The summed E-state index contributed by atoms with van der Waals surface area (Å²) < 4.78 is 13.7. The minimum atomic E-state index is -0.440. The van der Waals surface area contributed by atoms with Gasteiger partial charge in [0.25, 0.3) is 5.91 Å². The first-order valence-electron chi connectivity index (χ1n) is 5.88. The van der Waals surface area contributed by atoms with E-state index in [1.54, 1.807) is 12.3 Å². The number of anilines is 2. The van der Waals surface area contributed by atoms with Crippen LogP contribution in [0.2, 0.25) is 0 Å². The van der Waals surface area contributed by atoms with Crippen LogP contribution in [0.25, 0.3) is 0 Å². The fourth-order valence-electron chi connectivity index (χ4n) is 1.65. The lowest BCUT2D eigenvalue weighted by molar-refractivity contribution is 0.102.